The second-order valence-corrected chi connectivity index (χ2v) is 9.09. The Morgan fingerprint density at radius 2 is 1.94 bits per heavy atom. The molecular weight excluding hydrogens is 434 g/mol. The summed E-state index contributed by atoms with van der Waals surface area (Å²) in [6.07, 6.45) is 1.53. The van der Waals surface area contributed by atoms with Gasteiger partial charge in [0, 0.05) is 38.5 Å². The molecule has 0 N–H and O–H groups in total. The van der Waals surface area contributed by atoms with Crippen LogP contribution >= 0.6 is 0 Å². The number of imide groups is 1. The Balaban J connectivity index is 1.42. The number of ether oxygens (including phenoxy) is 1. The van der Waals surface area contributed by atoms with E-state index in [2.05, 4.69) is 4.98 Å². The number of carbonyl (C=O) groups is 3. The summed E-state index contributed by atoms with van der Waals surface area (Å²) in [5, 5.41) is 0. The van der Waals surface area contributed by atoms with E-state index in [1.165, 1.54) is 14.2 Å². The van der Waals surface area contributed by atoms with Crippen molar-refractivity contribution in [3.05, 3.63) is 60.0 Å². The van der Waals surface area contributed by atoms with Gasteiger partial charge in [0.2, 0.25) is 17.7 Å². The van der Waals surface area contributed by atoms with Crippen molar-refractivity contribution in [2.45, 2.75) is 37.0 Å². The van der Waals surface area contributed by atoms with Crippen molar-refractivity contribution in [2.24, 2.45) is 0 Å². The van der Waals surface area contributed by atoms with Crippen LogP contribution in [0.2, 0.25) is 0 Å². The minimum absolute atomic E-state index is 0.0177. The highest BCUT2D eigenvalue weighted by Crippen LogP contribution is 2.44. The summed E-state index contributed by atoms with van der Waals surface area (Å²) in [6, 6.07) is 14.7. The normalized spacial score (nSPS) is 23.1. The van der Waals surface area contributed by atoms with E-state index < -0.39 is 5.41 Å². The number of hydrogen-bond acceptors (Lipinski definition) is 6. The molecule has 0 radical (unpaired) electrons. The van der Waals surface area contributed by atoms with E-state index in [-0.39, 0.29) is 36.5 Å². The third kappa shape index (κ3) is 3.63. The lowest BCUT2D eigenvalue weighted by atomic mass is 9.75. The first-order valence-corrected chi connectivity index (χ1v) is 11.5. The average Bonchev–Trinajstić information content (AvgIpc) is 3.40. The minimum Gasteiger partial charge on any atom is -0.496 e. The zero-order valence-electron chi connectivity index (χ0n) is 19.3. The Kier molecular flexibility index (Phi) is 5.59. The molecule has 0 aliphatic carbocycles. The summed E-state index contributed by atoms with van der Waals surface area (Å²) in [6.45, 7) is 1.06. The SMILES string of the molecule is COc1ccccc1C1(CC(=O)N2CCCC(c3nc4ccccc4o3)C2)CC(=O)N(C)C1=O. The van der Waals surface area contributed by atoms with Gasteiger partial charge in [-0.25, -0.2) is 4.98 Å². The fourth-order valence-electron chi connectivity index (χ4n) is 5.21. The van der Waals surface area contributed by atoms with Crippen LogP contribution in [0.5, 0.6) is 5.75 Å². The maximum Gasteiger partial charge on any atom is 0.240 e. The predicted molar refractivity (Wildman–Crippen MR) is 124 cm³/mol. The fraction of sp³-hybridized carbons (Fsp3) is 0.385. The van der Waals surface area contributed by atoms with Gasteiger partial charge in [-0.05, 0) is 31.0 Å². The van der Waals surface area contributed by atoms with E-state index in [1.54, 1.807) is 29.2 Å². The number of rotatable bonds is 5. The van der Waals surface area contributed by atoms with Crippen LogP contribution in [0.4, 0.5) is 0 Å². The Morgan fingerprint density at radius 3 is 2.68 bits per heavy atom. The summed E-state index contributed by atoms with van der Waals surface area (Å²) in [5.41, 5.74) is 0.824. The first-order chi connectivity index (χ1) is 16.4. The summed E-state index contributed by atoms with van der Waals surface area (Å²) in [5.74, 6) is 0.272. The molecule has 2 fully saturated rings. The van der Waals surface area contributed by atoms with Crippen molar-refractivity contribution >= 4 is 28.8 Å². The quantitative estimate of drug-likeness (QED) is 0.542. The predicted octanol–water partition coefficient (Wildman–Crippen LogP) is 3.26. The number of amides is 3. The molecule has 8 nitrogen and oxygen atoms in total. The molecule has 2 aromatic carbocycles. The van der Waals surface area contributed by atoms with Crippen LogP contribution in [0.15, 0.2) is 52.9 Å². The van der Waals surface area contributed by atoms with Crippen LogP contribution in [0.1, 0.15) is 43.1 Å². The van der Waals surface area contributed by atoms with E-state index in [0.29, 0.717) is 30.3 Å². The smallest absolute Gasteiger partial charge is 0.240 e. The van der Waals surface area contributed by atoms with Gasteiger partial charge in [-0.3, -0.25) is 19.3 Å². The van der Waals surface area contributed by atoms with Gasteiger partial charge in [0.1, 0.15) is 11.3 Å². The number of para-hydroxylation sites is 3. The number of aromatic nitrogens is 1. The molecule has 3 aromatic rings. The highest BCUT2D eigenvalue weighted by atomic mass is 16.5. The van der Waals surface area contributed by atoms with Gasteiger partial charge in [0.15, 0.2) is 11.5 Å². The molecule has 0 spiro atoms. The molecule has 0 bridgehead atoms. The van der Waals surface area contributed by atoms with Gasteiger partial charge in [-0.1, -0.05) is 30.3 Å². The zero-order chi connectivity index (χ0) is 23.9. The Labute approximate surface area is 197 Å². The number of carbonyl (C=O) groups excluding carboxylic acids is 3. The number of oxazole rings is 1. The number of nitrogens with zero attached hydrogens (tertiary/aromatic N) is 3. The lowest BCUT2D eigenvalue weighted by molar-refractivity contribution is -0.142. The Hall–Kier alpha value is -3.68. The van der Waals surface area contributed by atoms with Gasteiger partial charge in [0.05, 0.1) is 18.4 Å². The molecule has 2 aliphatic heterocycles. The monoisotopic (exact) mass is 461 g/mol. The molecule has 2 saturated heterocycles. The third-order valence-electron chi connectivity index (χ3n) is 7.05. The second-order valence-electron chi connectivity index (χ2n) is 9.09. The van der Waals surface area contributed by atoms with E-state index in [4.69, 9.17) is 9.15 Å². The average molecular weight is 462 g/mol. The molecule has 5 rings (SSSR count). The highest BCUT2D eigenvalue weighted by molar-refractivity contribution is 6.10. The van der Waals surface area contributed by atoms with Crippen molar-refractivity contribution < 1.29 is 23.5 Å². The van der Waals surface area contributed by atoms with Crippen molar-refractivity contribution in [1.82, 2.24) is 14.8 Å². The number of fused-ring (bicyclic) bond motifs is 1. The molecule has 2 aliphatic rings. The lowest BCUT2D eigenvalue weighted by Crippen LogP contribution is -2.45. The van der Waals surface area contributed by atoms with Crippen LogP contribution in [0.25, 0.3) is 11.1 Å². The van der Waals surface area contributed by atoms with E-state index in [9.17, 15) is 14.4 Å². The van der Waals surface area contributed by atoms with Gasteiger partial charge in [-0.15, -0.1) is 0 Å². The number of methoxy groups -OCH3 is 1. The molecule has 176 valence electrons. The fourth-order valence-corrected chi connectivity index (χ4v) is 5.21. The molecule has 2 atom stereocenters. The van der Waals surface area contributed by atoms with Gasteiger partial charge in [0.25, 0.3) is 0 Å². The molecular formula is C26H27N3O5. The molecule has 3 heterocycles. The van der Waals surface area contributed by atoms with Crippen LogP contribution in [0, 0.1) is 0 Å². The third-order valence-corrected chi connectivity index (χ3v) is 7.05. The lowest BCUT2D eigenvalue weighted by Gasteiger charge is -2.35. The van der Waals surface area contributed by atoms with Gasteiger partial charge in [-0.2, -0.15) is 0 Å². The number of likely N-dealkylation sites (tertiary alicyclic amines) is 2. The molecule has 8 heteroatoms. The van der Waals surface area contributed by atoms with Crippen LogP contribution in [0.3, 0.4) is 0 Å². The Morgan fingerprint density at radius 1 is 1.18 bits per heavy atom. The topological polar surface area (TPSA) is 92.9 Å². The van der Waals surface area contributed by atoms with Crippen molar-refractivity contribution in [1.29, 1.82) is 0 Å². The number of benzene rings is 2. The van der Waals surface area contributed by atoms with Crippen LogP contribution in [-0.2, 0) is 19.8 Å². The molecule has 34 heavy (non-hydrogen) atoms. The number of hydrogen-bond donors (Lipinski definition) is 0. The molecule has 3 amide bonds. The van der Waals surface area contributed by atoms with Crippen molar-refractivity contribution in [3.8, 4) is 5.75 Å². The number of piperidine rings is 1. The van der Waals surface area contributed by atoms with Gasteiger partial charge >= 0.3 is 0 Å². The summed E-state index contributed by atoms with van der Waals surface area (Å²) in [4.78, 5) is 47.0. The zero-order valence-corrected chi connectivity index (χ0v) is 19.3. The maximum absolute atomic E-state index is 13.6. The van der Waals surface area contributed by atoms with E-state index in [1.807, 2.05) is 24.3 Å². The second kappa shape index (κ2) is 8.59. The van der Waals surface area contributed by atoms with Crippen molar-refractivity contribution in [2.75, 3.05) is 27.2 Å². The van der Waals surface area contributed by atoms with Crippen LogP contribution < -0.4 is 4.74 Å². The standard InChI is InChI=1S/C26H27N3O5/c1-28-22(30)14-26(25(28)32,18-9-3-5-11-20(18)33-2)15-23(31)29-13-7-8-17(16-29)24-27-19-10-4-6-12-21(19)34-24/h3-6,9-12,17H,7-8,13-16H2,1-2H3. The minimum atomic E-state index is -1.28. The van der Waals surface area contributed by atoms with Gasteiger partial charge < -0.3 is 14.1 Å². The maximum atomic E-state index is 13.6. The summed E-state index contributed by atoms with van der Waals surface area (Å²) < 4.78 is 11.5. The van der Waals surface area contributed by atoms with Crippen LogP contribution in [-0.4, -0.2) is 59.8 Å². The molecule has 2 unspecified atom stereocenters. The Bertz CT molecular complexity index is 1240. The highest BCUT2D eigenvalue weighted by Gasteiger charge is 2.54. The van der Waals surface area contributed by atoms with Crippen molar-refractivity contribution in [3.63, 3.8) is 0 Å². The van der Waals surface area contributed by atoms with E-state index in [0.717, 1.165) is 28.8 Å². The number of likely N-dealkylation sites (N-methyl/N-ethyl adjacent to an activating group) is 1. The molecule has 0 saturated carbocycles. The van der Waals surface area contributed by atoms with E-state index >= 15 is 0 Å². The first kappa shape index (κ1) is 22.1. The summed E-state index contributed by atoms with van der Waals surface area (Å²) in [7, 11) is 2.99. The largest absolute Gasteiger partial charge is 0.496 e. The summed E-state index contributed by atoms with van der Waals surface area (Å²) >= 11 is 0. The first-order valence-electron chi connectivity index (χ1n) is 11.5. The molecule has 1 aromatic heterocycles.